The van der Waals surface area contributed by atoms with Crippen molar-refractivity contribution < 1.29 is 9.69 Å². The van der Waals surface area contributed by atoms with Crippen LogP contribution in [0.2, 0.25) is 0 Å². The fourth-order valence-electron chi connectivity index (χ4n) is 2.53. The van der Waals surface area contributed by atoms with Crippen molar-refractivity contribution in [2.45, 2.75) is 6.92 Å². The standard InChI is InChI=1S/C16H20N4OS3/c1-11-3-4-12-13(9-11)24-15(17-12)18-14(21)10-23-16(22)20-7-5-19(2)6-8-20/h3-4,9H,5-8,10H2,1-2H3,(H,17,18,21)/p+1. The number of aryl methyl sites for hydroxylation is 1. The molecule has 0 bridgehead atoms. The van der Waals surface area contributed by atoms with Crippen LogP contribution in [0.5, 0.6) is 0 Å². The molecule has 8 heteroatoms. The first-order valence-corrected chi connectivity index (χ1v) is 10.1. The Bertz CT molecular complexity index is 753. The number of hydrogen-bond donors (Lipinski definition) is 2. The van der Waals surface area contributed by atoms with Crippen molar-refractivity contribution in [2.24, 2.45) is 0 Å². The fourth-order valence-corrected chi connectivity index (χ4v) is 4.56. The van der Waals surface area contributed by atoms with Gasteiger partial charge in [0.15, 0.2) is 5.13 Å². The van der Waals surface area contributed by atoms with Crippen molar-refractivity contribution >= 4 is 60.9 Å². The number of anilines is 1. The van der Waals surface area contributed by atoms with E-state index in [0.717, 1.165) is 40.7 Å². The second-order valence-electron chi connectivity index (χ2n) is 6.04. The molecule has 2 heterocycles. The van der Waals surface area contributed by atoms with Crippen molar-refractivity contribution in [3.05, 3.63) is 23.8 Å². The van der Waals surface area contributed by atoms with Gasteiger partial charge in [0.25, 0.3) is 0 Å². The number of thiocarbonyl (C=S) groups is 1. The van der Waals surface area contributed by atoms with Gasteiger partial charge in [-0.3, -0.25) is 4.79 Å². The molecule has 5 nitrogen and oxygen atoms in total. The number of hydrogen-bond acceptors (Lipinski definition) is 5. The summed E-state index contributed by atoms with van der Waals surface area (Å²) in [5.41, 5.74) is 2.11. The lowest BCUT2D eigenvalue weighted by Crippen LogP contribution is -3.12. The maximum Gasteiger partial charge on any atom is 0.236 e. The molecule has 0 radical (unpaired) electrons. The van der Waals surface area contributed by atoms with Gasteiger partial charge in [-0.05, 0) is 24.6 Å². The molecule has 24 heavy (non-hydrogen) atoms. The summed E-state index contributed by atoms with van der Waals surface area (Å²) in [6.07, 6.45) is 0. The highest BCUT2D eigenvalue weighted by atomic mass is 32.2. The largest absolute Gasteiger partial charge is 0.346 e. The fraction of sp³-hybridized carbons (Fsp3) is 0.438. The molecule has 0 saturated carbocycles. The number of thioether (sulfide) groups is 1. The highest BCUT2D eigenvalue weighted by molar-refractivity contribution is 8.23. The van der Waals surface area contributed by atoms with Crippen LogP contribution in [0, 0.1) is 6.92 Å². The molecule has 0 aliphatic carbocycles. The van der Waals surface area contributed by atoms with Crippen LogP contribution in [0.15, 0.2) is 18.2 Å². The van der Waals surface area contributed by atoms with Crippen molar-refractivity contribution in [1.29, 1.82) is 0 Å². The number of amides is 1. The Morgan fingerprint density at radius 2 is 2.21 bits per heavy atom. The van der Waals surface area contributed by atoms with Crippen LogP contribution in [0.4, 0.5) is 5.13 Å². The first-order valence-electron chi connectivity index (χ1n) is 7.91. The van der Waals surface area contributed by atoms with E-state index in [1.807, 2.05) is 12.1 Å². The Morgan fingerprint density at radius 1 is 1.46 bits per heavy atom. The zero-order valence-corrected chi connectivity index (χ0v) is 16.2. The number of thiazole rings is 1. The van der Waals surface area contributed by atoms with Crippen LogP contribution >= 0.6 is 35.3 Å². The highest BCUT2D eigenvalue weighted by Crippen LogP contribution is 2.26. The van der Waals surface area contributed by atoms with Crippen LogP contribution in [0.25, 0.3) is 10.2 Å². The Balaban J connectivity index is 1.50. The highest BCUT2D eigenvalue weighted by Gasteiger charge is 2.20. The minimum Gasteiger partial charge on any atom is -0.346 e. The second kappa shape index (κ2) is 7.77. The van der Waals surface area contributed by atoms with Gasteiger partial charge in [0.05, 0.1) is 49.2 Å². The summed E-state index contributed by atoms with van der Waals surface area (Å²) in [5, 5.41) is 3.53. The Morgan fingerprint density at radius 3 is 2.96 bits per heavy atom. The van der Waals surface area contributed by atoms with E-state index in [-0.39, 0.29) is 5.91 Å². The van der Waals surface area contributed by atoms with Gasteiger partial charge in [-0.2, -0.15) is 0 Å². The molecule has 3 rings (SSSR count). The molecule has 128 valence electrons. The van der Waals surface area contributed by atoms with Gasteiger partial charge >= 0.3 is 0 Å². The third-order valence-electron chi connectivity index (χ3n) is 3.99. The molecular formula is C16H21N4OS3+. The number of nitrogens with zero attached hydrogens (tertiary/aromatic N) is 2. The van der Waals surface area contributed by atoms with Crippen molar-refractivity contribution in [1.82, 2.24) is 9.88 Å². The molecule has 1 aliphatic rings. The Kier molecular flexibility index (Phi) is 5.70. The molecule has 1 fully saturated rings. The Labute approximate surface area is 155 Å². The average Bonchev–Trinajstić information content (AvgIpc) is 2.94. The van der Waals surface area contributed by atoms with E-state index in [1.54, 1.807) is 0 Å². The van der Waals surface area contributed by atoms with Crippen molar-refractivity contribution in [3.8, 4) is 0 Å². The average molecular weight is 382 g/mol. The molecule has 0 unspecified atom stereocenters. The number of quaternary nitrogens is 1. The zero-order chi connectivity index (χ0) is 17.1. The third kappa shape index (κ3) is 4.44. The number of aromatic nitrogens is 1. The van der Waals surface area contributed by atoms with Gasteiger partial charge in [-0.15, -0.1) is 0 Å². The van der Waals surface area contributed by atoms with Crippen molar-refractivity contribution in [3.63, 3.8) is 0 Å². The summed E-state index contributed by atoms with van der Waals surface area (Å²) in [4.78, 5) is 20.3. The van der Waals surface area contributed by atoms with E-state index in [0.29, 0.717) is 10.9 Å². The quantitative estimate of drug-likeness (QED) is 0.787. The van der Waals surface area contributed by atoms with Crippen LogP contribution in [-0.2, 0) is 4.79 Å². The van der Waals surface area contributed by atoms with Crippen LogP contribution < -0.4 is 10.2 Å². The molecule has 2 N–H and O–H groups in total. The van der Waals surface area contributed by atoms with E-state index in [1.165, 1.54) is 33.6 Å². The van der Waals surface area contributed by atoms with E-state index in [9.17, 15) is 4.79 Å². The molecule has 1 amide bonds. The lowest BCUT2D eigenvalue weighted by molar-refractivity contribution is -0.883. The van der Waals surface area contributed by atoms with Crippen LogP contribution in [0.3, 0.4) is 0 Å². The number of piperazine rings is 1. The predicted octanol–water partition coefficient (Wildman–Crippen LogP) is 1.39. The summed E-state index contributed by atoms with van der Waals surface area (Å²) < 4.78 is 1.91. The lowest BCUT2D eigenvalue weighted by Gasteiger charge is -2.31. The molecule has 1 aromatic carbocycles. The smallest absolute Gasteiger partial charge is 0.236 e. The van der Waals surface area contributed by atoms with Gasteiger partial charge in [-0.25, -0.2) is 4.98 Å². The van der Waals surface area contributed by atoms with Gasteiger partial charge in [-0.1, -0.05) is 41.4 Å². The van der Waals surface area contributed by atoms with Gasteiger partial charge in [0, 0.05) is 0 Å². The number of carbonyl (C=O) groups is 1. The normalized spacial score (nSPS) is 15.7. The summed E-state index contributed by atoms with van der Waals surface area (Å²) >= 11 is 8.39. The zero-order valence-electron chi connectivity index (χ0n) is 13.8. The van der Waals surface area contributed by atoms with E-state index >= 15 is 0 Å². The summed E-state index contributed by atoms with van der Waals surface area (Å²) in [7, 11) is 2.19. The van der Waals surface area contributed by atoms with Gasteiger partial charge in [0.1, 0.15) is 4.32 Å². The number of likely N-dealkylation sites (N-methyl/N-ethyl adjacent to an activating group) is 1. The molecule has 1 aliphatic heterocycles. The number of benzene rings is 1. The molecule has 0 spiro atoms. The summed E-state index contributed by atoms with van der Waals surface area (Å²) in [5.74, 6) is 0.269. The maximum absolute atomic E-state index is 12.1. The Hall–Kier alpha value is -1.22. The topological polar surface area (TPSA) is 49.7 Å². The molecule has 0 atom stereocenters. The predicted molar refractivity (Wildman–Crippen MR) is 106 cm³/mol. The first kappa shape index (κ1) is 17.6. The number of fused-ring (bicyclic) bond motifs is 1. The number of rotatable bonds is 3. The molecule has 2 aromatic rings. The SMILES string of the molecule is Cc1ccc2nc(NC(=O)CSC(=S)N3CC[NH+](C)CC3)sc2c1. The number of nitrogens with one attached hydrogen (secondary N) is 2. The van der Waals surface area contributed by atoms with Gasteiger partial charge in [0.2, 0.25) is 5.91 Å². The minimum atomic E-state index is -0.0575. The summed E-state index contributed by atoms with van der Waals surface area (Å²) in [6.45, 7) is 6.18. The van der Waals surface area contributed by atoms with E-state index in [2.05, 4.69) is 35.2 Å². The first-order chi connectivity index (χ1) is 11.5. The van der Waals surface area contributed by atoms with E-state index < -0.39 is 0 Å². The van der Waals surface area contributed by atoms with Crippen LogP contribution in [-0.4, -0.2) is 59.1 Å². The third-order valence-corrected chi connectivity index (χ3v) is 6.45. The van der Waals surface area contributed by atoms with E-state index in [4.69, 9.17) is 12.2 Å². The maximum atomic E-state index is 12.1. The lowest BCUT2D eigenvalue weighted by atomic mass is 10.2. The minimum absolute atomic E-state index is 0.0575. The monoisotopic (exact) mass is 381 g/mol. The molecule has 1 saturated heterocycles. The molecule has 1 aromatic heterocycles. The van der Waals surface area contributed by atoms with Crippen molar-refractivity contribution in [2.75, 3.05) is 44.3 Å². The molecular weight excluding hydrogens is 360 g/mol. The van der Waals surface area contributed by atoms with Gasteiger partial charge < -0.3 is 15.1 Å². The second-order valence-corrected chi connectivity index (χ2v) is 8.68. The summed E-state index contributed by atoms with van der Waals surface area (Å²) in [6, 6.07) is 6.09. The number of carbonyl (C=O) groups excluding carboxylic acids is 1. The van der Waals surface area contributed by atoms with Crippen LogP contribution in [0.1, 0.15) is 5.56 Å².